The fourth-order valence-corrected chi connectivity index (χ4v) is 4.98. The van der Waals surface area contributed by atoms with Crippen molar-refractivity contribution in [3.63, 3.8) is 0 Å². The second-order valence-electron chi connectivity index (χ2n) is 7.87. The summed E-state index contributed by atoms with van der Waals surface area (Å²) in [6, 6.07) is 10.2. The lowest BCUT2D eigenvalue weighted by Gasteiger charge is -2.33. The third-order valence-corrected chi connectivity index (χ3v) is 7.28. The summed E-state index contributed by atoms with van der Waals surface area (Å²) in [6.45, 7) is 4.24. The number of carbonyl (C=O) groups excluding carboxylic acids is 1. The van der Waals surface area contributed by atoms with E-state index in [1.165, 1.54) is 0 Å². The molecule has 32 heavy (non-hydrogen) atoms. The standard InChI is InChI=1S/C22H26F3N3O3S/c1-17-6-8-19(9-7-17)28(11-10-21(29)27-14-12-26(2)13-15-27)32(30,31)20-5-3-4-18(16-20)22(23,24)25/h3-9,16H,10-15H2,1-2H3. The Hall–Kier alpha value is -2.59. The number of carbonyl (C=O) groups is 1. The summed E-state index contributed by atoms with van der Waals surface area (Å²) in [6.07, 6.45) is -4.74. The van der Waals surface area contributed by atoms with Crippen LogP contribution in [0, 0.1) is 6.92 Å². The molecule has 2 aromatic rings. The van der Waals surface area contributed by atoms with Gasteiger partial charge in [0.15, 0.2) is 0 Å². The number of sulfonamides is 1. The topological polar surface area (TPSA) is 60.9 Å². The van der Waals surface area contributed by atoms with Crippen molar-refractivity contribution < 1.29 is 26.4 Å². The minimum atomic E-state index is -4.67. The lowest BCUT2D eigenvalue weighted by molar-refractivity contribution is -0.137. The Kier molecular flexibility index (Phi) is 7.14. The van der Waals surface area contributed by atoms with Gasteiger partial charge in [-0.25, -0.2) is 8.42 Å². The van der Waals surface area contributed by atoms with Gasteiger partial charge < -0.3 is 9.80 Å². The van der Waals surface area contributed by atoms with Gasteiger partial charge in [-0.2, -0.15) is 13.2 Å². The Bertz CT molecular complexity index is 1050. The Morgan fingerprint density at radius 3 is 2.25 bits per heavy atom. The van der Waals surface area contributed by atoms with Crippen molar-refractivity contribution >= 4 is 21.6 Å². The van der Waals surface area contributed by atoms with Crippen LogP contribution in [0.4, 0.5) is 18.9 Å². The third kappa shape index (κ3) is 5.60. The summed E-state index contributed by atoms with van der Waals surface area (Å²) in [5, 5.41) is 0. The number of hydrogen-bond donors (Lipinski definition) is 0. The summed E-state index contributed by atoms with van der Waals surface area (Å²) >= 11 is 0. The molecule has 174 valence electrons. The van der Waals surface area contributed by atoms with Gasteiger partial charge in [-0.1, -0.05) is 23.8 Å². The first kappa shape index (κ1) is 24.1. The Labute approximate surface area is 186 Å². The molecule has 0 saturated carbocycles. The molecule has 0 unspecified atom stereocenters. The maximum absolute atomic E-state index is 13.4. The lowest BCUT2D eigenvalue weighted by Crippen LogP contribution is -2.48. The number of alkyl halides is 3. The van der Waals surface area contributed by atoms with E-state index in [0.717, 1.165) is 41.2 Å². The van der Waals surface area contributed by atoms with E-state index in [1.54, 1.807) is 29.2 Å². The van der Waals surface area contributed by atoms with Gasteiger partial charge in [0, 0.05) is 39.1 Å². The minimum absolute atomic E-state index is 0.0736. The molecule has 1 heterocycles. The fourth-order valence-electron chi connectivity index (χ4n) is 3.47. The SMILES string of the molecule is Cc1ccc(N(CCC(=O)N2CCN(C)CC2)S(=O)(=O)c2cccc(C(F)(F)F)c2)cc1. The molecule has 1 saturated heterocycles. The number of likely N-dealkylation sites (N-methyl/N-ethyl adjacent to an activating group) is 1. The van der Waals surface area contributed by atoms with E-state index in [-0.39, 0.29) is 18.9 Å². The van der Waals surface area contributed by atoms with Crippen LogP contribution in [0.5, 0.6) is 0 Å². The zero-order chi connectivity index (χ0) is 23.5. The highest BCUT2D eigenvalue weighted by Gasteiger charge is 2.33. The van der Waals surface area contributed by atoms with Gasteiger partial charge in [0.2, 0.25) is 5.91 Å². The largest absolute Gasteiger partial charge is 0.416 e. The second-order valence-corrected chi connectivity index (χ2v) is 9.73. The number of anilines is 1. The highest BCUT2D eigenvalue weighted by Crippen LogP contribution is 2.32. The van der Waals surface area contributed by atoms with Gasteiger partial charge >= 0.3 is 6.18 Å². The molecule has 0 radical (unpaired) electrons. The molecule has 0 atom stereocenters. The number of nitrogens with zero attached hydrogens (tertiary/aromatic N) is 3. The van der Waals surface area contributed by atoms with Gasteiger partial charge in [-0.3, -0.25) is 9.10 Å². The maximum Gasteiger partial charge on any atom is 0.416 e. The fraction of sp³-hybridized carbons (Fsp3) is 0.409. The summed E-state index contributed by atoms with van der Waals surface area (Å²) in [7, 11) is -2.37. The highest BCUT2D eigenvalue weighted by molar-refractivity contribution is 7.92. The Morgan fingerprint density at radius 2 is 1.66 bits per heavy atom. The molecule has 1 fully saturated rings. The first-order valence-electron chi connectivity index (χ1n) is 10.2. The van der Waals surface area contributed by atoms with E-state index < -0.39 is 26.7 Å². The summed E-state index contributed by atoms with van der Waals surface area (Å²) < 4.78 is 67.2. The van der Waals surface area contributed by atoms with Crippen molar-refractivity contribution in [1.29, 1.82) is 0 Å². The van der Waals surface area contributed by atoms with Gasteiger partial charge in [0.25, 0.3) is 10.0 Å². The highest BCUT2D eigenvalue weighted by atomic mass is 32.2. The van der Waals surface area contributed by atoms with Crippen LogP contribution >= 0.6 is 0 Å². The molecule has 2 aromatic carbocycles. The van der Waals surface area contributed by atoms with Crippen molar-refractivity contribution in [2.45, 2.75) is 24.4 Å². The number of hydrogen-bond acceptors (Lipinski definition) is 4. The van der Waals surface area contributed by atoms with E-state index in [1.807, 2.05) is 14.0 Å². The average Bonchev–Trinajstić information content (AvgIpc) is 2.75. The first-order chi connectivity index (χ1) is 15.0. The monoisotopic (exact) mass is 469 g/mol. The smallest absolute Gasteiger partial charge is 0.340 e. The van der Waals surface area contributed by atoms with Crippen LogP contribution in [0.15, 0.2) is 53.4 Å². The normalized spacial score (nSPS) is 15.6. The molecule has 0 aromatic heterocycles. The maximum atomic E-state index is 13.4. The predicted molar refractivity (Wildman–Crippen MR) is 116 cm³/mol. The lowest BCUT2D eigenvalue weighted by atomic mass is 10.2. The molecule has 0 bridgehead atoms. The summed E-state index contributed by atoms with van der Waals surface area (Å²) in [4.78, 5) is 16.0. The molecule has 1 amide bonds. The molecule has 6 nitrogen and oxygen atoms in total. The van der Waals surface area contributed by atoms with Gasteiger partial charge in [0.05, 0.1) is 16.1 Å². The number of amides is 1. The van der Waals surface area contributed by atoms with E-state index in [9.17, 15) is 26.4 Å². The molecular weight excluding hydrogens is 443 g/mol. The minimum Gasteiger partial charge on any atom is -0.340 e. The van der Waals surface area contributed by atoms with Crippen LogP contribution in [0.25, 0.3) is 0 Å². The van der Waals surface area contributed by atoms with Crippen molar-refractivity contribution in [2.24, 2.45) is 0 Å². The van der Waals surface area contributed by atoms with Gasteiger partial charge in [-0.15, -0.1) is 0 Å². The molecule has 0 aliphatic carbocycles. The number of aryl methyl sites for hydroxylation is 1. The molecule has 10 heteroatoms. The van der Waals surface area contributed by atoms with Crippen molar-refractivity contribution in [3.05, 3.63) is 59.7 Å². The van der Waals surface area contributed by atoms with Gasteiger partial charge in [0.1, 0.15) is 0 Å². The second kappa shape index (κ2) is 9.50. The van der Waals surface area contributed by atoms with Crippen LogP contribution < -0.4 is 4.31 Å². The van der Waals surface area contributed by atoms with Crippen molar-refractivity contribution in [1.82, 2.24) is 9.80 Å². The Balaban J connectivity index is 1.89. The van der Waals surface area contributed by atoms with Crippen LogP contribution in [0.2, 0.25) is 0 Å². The van der Waals surface area contributed by atoms with Gasteiger partial charge in [-0.05, 0) is 44.3 Å². The molecular formula is C22H26F3N3O3S. The average molecular weight is 470 g/mol. The number of rotatable bonds is 6. The molecule has 0 N–H and O–H groups in total. The third-order valence-electron chi connectivity index (χ3n) is 5.46. The zero-order valence-corrected chi connectivity index (χ0v) is 18.8. The number of piperazine rings is 1. The molecule has 1 aliphatic heterocycles. The predicted octanol–water partition coefficient (Wildman–Crippen LogP) is 3.37. The summed E-state index contributed by atoms with van der Waals surface area (Å²) in [5.74, 6) is -0.186. The zero-order valence-electron chi connectivity index (χ0n) is 18.0. The molecule has 1 aliphatic rings. The van der Waals surface area contributed by atoms with Crippen molar-refractivity contribution in [2.75, 3.05) is 44.1 Å². The summed E-state index contributed by atoms with van der Waals surface area (Å²) in [5.41, 5.74) is 0.147. The first-order valence-corrected chi connectivity index (χ1v) is 11.7. The van der Waals surface area contributed by atoms with Crippen LogP contribution in [0.1, 0.15) is 17.5 Å². The van der Waals surface area contributed by atoms with Crippen LogP contribution in [0.3, 0.4) is 0 Å². The van der Waals surface area contributed by atoms with Crippen molar-refractivity contribution in [3.8, 4) is 0 Å². The van der Waals surface area contributed by atoms with Crippen LogP contribution in [-0.4, -0.2) is 63.9 Å². The van der Waals surface area contributed by atoms with E-state index >= 15 is 0 Å². The number of benzene rings is 2. The Morgan fingerprint density at radius 1 is 1.03 bits per heavy atom. The van der Waals surface area contributed by atoms with E-state index in [2.05, 4.69) is 4.90 Å². The quantitative estimate of drug-likeness (QED) is 0.651. The molecule has 3 rings (SSSR count). The van der Waals surface area contributed by atoms with E-state index in [0.29, 0.717) is 24.8 Å². The molecule has 0 spiro atoms. The number of halogens is 3. The van der Waals surface area contributed by atoms with Crippen LogP contribution in [-0.2, 0) is 21.0 Å². The van der Waals surface area contributed by atoms with E-state index in [4.69, 9.17) is 0 Å².